The van der Waals surface area contributed by atoms with E-state index in [1.54, 1.807) is 0 Å². The minimum absolute atomic E-state index is 0.0647. The minimum Gasteiger partial charge on any atom is -0.462 e. The van der Waals surface area contributed by atoms with E-state index in [2.05, 4.69) is 32.9 Å². The number of rotatable bonds is 52. The largest absolute Gasteiger partial charge is 0.462 e. The van der Waals surface area contributed by atoms with Gasteiger partial charge in [0.25, 0.3) is 0 Å². The monoisotopic (exact) mass is 889 g/mol. The first-order valence-corrected chi connectivity index (χ1v) is 28.2. The molecule has 0 aromatic heterocycles. The zero-order chi connectivity index (χ0) is 45.8. The van der Waals surface area contributed by atoms with E-state index in [1.165, 1.54) is 218 Å². The highest BCUT2D eigenvalue weighted by Gasteiger charge is 2.19. The number of hydrogen-bond donors (Lipinski definition) is 0. The van der Waals surface area contributed by atoms with Crippen LogP contribution in [0.15, 0.2) is 12.2 Å². The molecule has 0 aliphatic heterocycles. The third-order valence-corrected chi connectivity index (χ3v) is 12.8. The van der Waals surface area contributed by atoms with E-state index in [-0.39, 0.29) is 31.1 Å². The van der Waals surface area contributed by atoms with Crippen molar-refractivity contribution in [3.05, 3.63) is 12.2 Å². The number of esters is 3. The average molecular weight is 889 g/mol. The fourth-order valence-corrected chi connectivity index (χ4v) is 8.50. The van der Waals surface area contributed by atoms with Crippen LogP contribution >= 0.6 is 0 Å². The Bertz CT molecular complexity index is 978. The van der Waals surface area contributed by atoms with E-state index in [9.17, 15) is 14.4 Å². The molecule has 6 heteroatoms. The van der Waals surface area contributed by atoms with E-state index < -0.39 is 6.10 Å². The molecular weight excluding hydrogens is 781 g/mol. The summed E-state index contributed by atoms with van der Waals surface area (Å²) in [7, 11) is 0. The summed E-state index contributed by atoms with van der Waals surface area (Å²) in [6, 6.07) is 0. The van der Waals surface area contributed by atoms with Crippen molar-refractivity contribution in [2.24, 2.45) is 0 Å². The van der Waals surface area contributed by atoms with Gasteiger partial charge in [-0.2, -0.15) is 0 Å². The maximum atomic E-state index is 12.7. The zero-order valence-corrected chi connectivity index (χ0v) is 42.6. The van der Waals surface area contributed by atoms with Crippen molar-refractivity contribution in [1.82, 2.24) is 0 Å². The molecule has 0 saturated carbocycles. The molecule has 6 nitrogen and oxygen atoms in total. The number of ether oxygens (including phenoxy) is 3. The fourth-order valence-electron chi connectivity index (χ4n) is 8.50. The second kappa shape index (κ2) is 52.8. The van der Waals surface area contributed by atoms with Crippen molar-refractivity contribution >= 4 is 17.9 Å². The predicted molar refractivity (Wildman–Crippen MR) is 270 cm³/mol. The lowest BCUT2D eigenvalue weighted by Crippen LogP contribution is -2.30. The maximum absolute atomic E-state index is 12.7. The molecule has 0 aliphatic carbocycles. The summed E-state index contributed by atoms with van der Waals surface area (Å²) in [6.07, 6.45) is 59.7. The number of hydrogen-bond acceptors (Lipinski definition) is 6. The van der Waals surface area contributed by atoms with Gasteiger partial charge in [-0.1, -0.05) is 264 Å². The van der Waals surface area contributed by atoms with Gasteiger partial charge < -0.3 is 14.2 Å². The topological polar surface area (TPSA) is 78.9 Å². The van der Waals surface area contributed by atoms with E-state index in [0.717, 1.165) is 57.8 Å². The molecule has 0 radical (unpaired) electrons. The first-order valence-electron chi connectivity index (χ1n) is 28.2. The van der Waals surface area contributed by atoms with Crippen LogP contribution in [-0.2, 0) is 28.6 Å². The van der Waals surface area contributed by atoms with Crippen molar-refractivity contribution < 1.29 is 28.6 Å². The van der Waals surface area contributed by atoms with Crippen LogP contribution in [0.5, 0.6) is 0 Å². The van der Waals surface area contributed by atoms with Gasteiger partial charge in [-0.25, -0.2) is 0 Å². The van der Waals surface area contributed by atoms with Crippen LogP contribution in [0.2, 0.25) is 0 Å². The van der Waals surface area contributed by atoms with Gasteiger partial charge >= 0.3 is 17.9 Å². The Morgan fingerprint density at radius 2 is 0.524 bits per heavy atom. The minimum atomic E-state index is -0.759. The van der Waals surface area contributed by atoms with Gasteiger partial charge in [0.1, 0.15) is 13.2 Å². The van der Waals surface area contributed by atoms with Gasteiger partial charge in [0.15, 0.2) is 6.10 Å². The van der Waals surface area contributed by atoms with Crippen molar-refractivity contribution in [2.75, 3.05) is 13.2 Å². The Hall–Kier alpha value is -1.85. The molecule has 1 atom stereocenters. The molecular formula is C57H108O6. The molecule has 63 heavy (non-hydrogen) atoms. The summed E-state index contributed by atoms with van der Waals surface area (Å²) >= 11 is 0. The second-order valence-electron chi connectivity index (χ2n) is 19.2. The standard InChI is InChI=1S/C57H108O6/c1-4-7-10-13-16-19-20-21-22-23-24-25-26-27-28-29-30-31-32-33-34-35-36-37-38-39-42-44-47-50-56(59)62-53-54(63-57(60)51-48-45-41-18-15-12-9-6-3)52-61-55(58)49-46-43-40-17-14-11-8-5-2/h23-24,54H,4-22,25-53H2,1-3H3/b24-23-. The summed E-state index contributed by atoms with van der Waals surface area (Å²) in [5.41, 5.74) is 0. The quantitative estimate of drug-likeness (QED) is 0.0262. The lowest BCUT2D eigenvalue weighted by Gasteiger charge is -2.18. The smallest absolute Gasteiger partial charge is 0.306 e. The van der Waals surface area contributed by atoms with Crippen molar-refractivity contribution in [3.8, 4) is 0 Å². The molecule has 0 heterocycles. The van der Waals surface area contributed by atoms with Gasteiger partial charge in [-0.05, 0) is 44.9 Å². The Morgan fingerprint density at radius 3 is 0.794 bits per heavy atom. The van der Waals surface area contributed by atoms with E-state index in [1.807, 2.05) is 0 Å². The molecule has 0 fully saturated rings. The molecule has 0 N–H and O–H groups in total. The molecule has 0 aliphatic rings. The number of carbonyl (C=O) groups excluding carboxylic acids is 3. The van der Waals surface area contributed by atoms with E-state index in [4.69, 9.17) is 14.2 Å². The van der Waals surface area contributed by atoms with Crippen LogP contribution in [-0.4, -0.2) is 37.2 Å². The molecule has 0 rings (SSSR count). The third-order valence-electron chi connectivity index (χ3n) is 12.8. The lowest BCUT2D eigenvalue weighted by molar-refractivity contribution is -0.167. The SMILES string of the molecule is CCCCCCCCCC/C=C\CCCCCCCCCCCCCCCCCCCC(=O)OCC(COC(=O)CCCCCCCCCC)OC(=O)CCCCCCCCCC. The van der Waals surface area contributed by atoms with Crippen molar-refractivity contribution in [1.29, 1.82) is 0 Å². The Morgan fingerprint density at radius 1 is 0.302 bits per heavy atom. The lowest BCUT2D eigenvalue weighted by atomic mass is 10.0. The molecule has 372 valence electrons. The number of unbranched alkanes of at least 4 members (excludes halogenated alkanes) is 39. The van der Waals surface area contributed by atoms with E-state index in [0.29, 0.717) is 19.3 Å². The molecule has 0 spiro atoms. The van der Waals surface area contributed by atoms with Crippen molar-refractivity contribution in [2.45, 2.75) is 322 Å². The Labute approximate surface area is 392 Å². The number of allylic oxidation sites excluding steroid dienone is 2. The molecule has 0 bridgehead atoms. The first-order chi connectivity index (χ1) is 31.0. The molecule has 0 amide bonds. The second-order valence-corrected chi connectivity index (χ2v) is 19.2. The van der Waals surface area contributed by atoms with Gasteiger partial charge in [0.05, 0.1) is 0 Å². The van der Waals surface area contributed by atoms with Gasteiger partial charge in [-0.3, -0.25) is 14.4 Å². The molecule has 0 aromatic rings. The Kier molecular flexibility index (Phi) is 51.2. The fraction of sp³-hybridized carbons (Fsp3) is 0.912. The van der Waals surface area contributed by atoms with Crippen LogP contribution in [0.25, 0.3) is 0 Å². The normalized spacial score (nSPS) is 12.0. The van der Waals surface area contributed by atoms with Crippen LogP contribution in [0.3, 0.4) is 0 Å². The van der Waals surface area contributed by atoms with Crippen LogP contribution in [0, 0.1) is 0 Å². The highest BCUT2D eigenvalue weighted by atomic mass is 16.6. The first kappa shape index (κ1) is 61.1. The summed E-state index contributed by atoms with van der Waals surface area (Å²) in [6.45, 7) is 6.61. The summed E-state index contributed by atoms with van der Waals surface area (Å²) in [4.78, 5) is 37.7. The third kappa shape index (κ3) is 51.0. The van der Waals surface area contributed by atoms with Gasteiger partial charge in [0, 0.05) is 19.3 Å². The molecule has 0 aromatic carbocycles. The highest BCUT2D eigenvalue weighted by molar-refractivity contribution is 5.71. The Balaban J connectivity index is 3.91. The van der Waals surface area contributed by atoms with Crippen molar-refractivity contribution in [3.63, 3.8) is 0 Å². The predicted octanol–water partition coefficient (Wildman–Crippen LogP) is 18.5. The average Bonchev–Trinajstić information content (AvgIpc) is 3.28. The van der Waals surface area contributed by atoms with Gasteiger partial charge in [0.2, 0.25) is 0 Å². The van der Waals surface area contributed by atoms with E-state index >= 15 is 0 Å². The summed E-state index contributed by atoms with van der Waals surface area (Å²) in [5, 5.41) is 0. The molecule has 1 unspecified atom stereocenters. The number of carbonyl (C=O) groups is 3. The molecule has 0 saturated heterocycles. The maximum Gasteiger partial charge on any atom is 0.306 e. The van der Waals surface area contributed by atoms with Crippen LogP contribution < -0.4 is 0 Å². The zero-order valence-electron chi connectivity index (χ0n) is 42.6. The van der Waals surface area contributed by atoms with Gasteiger partial charge in [-0.15, -0.1) is 0 Å². The summed E-state index contributed by atoms with van der Waals surface area (Å²) < 4.78 is 16.7. The summed E-state index contributed by atoms with van der Waals surface area (Å²) in [5.74, 6) is -0.858. The van der Waals surface area contributed by atoms with Crippen LogP contribution in [0.4, 0.5) is 0 Å². The van der Waals surface area contributed by atoms with Crippen LogP contribution in [0.1, 0.15) is 316 Å². The highest BCUT2D eigenvalue weighted by Crippen LogP contribution is 2.17.